The van der Waals surface area contributed by atoms with E-state index in [1.54, 1.807) is 22.7 Å². The summed E-state index contributed by atoms with van der Waals surface area (Å²) in [5.74, 6) is 0.467. The van der Waals surface area contributed by atoms with Crippen molar-refractivity contribution in [3.05, 3.63) is 40.5 Å². The molecule has 0 aliphatic carbocycles. The lowest BCUT2D eigenvalue weighted by Gasteiger charge is -2.34. The predicted molar refractivity (Wildman–Crippen MR) is 82.3 cm³/mol. The average Bonchev–Trinajstić information content (AvgIpc) is 3.17. The van der Waals surface area contributed by atoms with Crippen molar-refractivity contribution in [1.29, 1.82) is 0 Å². The van der Waals surface area contributed by atoms with Crippen LogP contribution in [0.3, 0.4) is 0 Å². The van der Waals surface area contributed by atoms with Gasteiger partial charge in [0.2, 0.25) is 0 Å². The van der Waals surface area contributed by atoms with Gasteiger partial charge in [0.05, 0.1) is 24.3 Å². The molecule has 1 saturated heterocycles. The van der Waals surface area contributed by atoms with Crippen molar-refractivity contribution in [3.63, 3.8) is 0 Å². The number of aromatic nitrogens is 6. The molecule has 10 heteroatoms. The molecule has 10 nitrogen and oxygen atoms in total. The quantitative estimate of drug-likeness (QED) is 0.659. The summed E-state index contributed by atoms with van der Waals surface area (Å²) in [6.07, 6.45) is 2.91. The van der Waals surface area contributed by atoms with E-state index in [-0.39, 0.29) is 17.6 Å². The zero-order valence-corrected chi connectivity index (χ0v) is 12.9. The normalized spacial score (nSPS) is 18.2. The van der Waals surface area contributed by atoms with Crippen molar-refractivity contribution >= 4 is 17.1 Å². The summed E-state index contributed by atoms with van der Waals surface area (Å²) in [7, 11) is 1.78. The Kier molecular flexibility index (Phi) is 3.38. The third-order valence-corrected chi connectivity index (χ3v) is 4.05. The molecule has 0 aromatic carbocycles. The minimum absolute atomic E-state index is 0.192. The SMILES string of the molecule is Cn1ncnc1C1COCCN1C(=O)c1cnc2[nH]c(=O)[nH]c2c1. The molecule has 0 spiro atoms. The number of fused-ring (bicyclic) bond motifs is 1. The summed E-state index contributed by atoms with van der Waals surface area (Å²) in [4.78, 5) is 39.5. The third-order valence-electron chi connectivity index (χ3n) is 4.05. The number of nitrogens with one attached hydrogen (secondary N) is 2. The molecule has 3 aromatic heterocycles. The van der Waals surface area contributed by atoms with Gasteiger partial charge in [-0.3, -0.25) is 14.5 Å². The Morgan fingerprint density at radius 2 is 2.25 bits per heavy atom. The number of ether oxygens (including phenoxy) is 1. The molecule has 4 heterocycles. The summed E-state index contributed by atoms with van der Waals surface area (Å²) in [6, 6.07) is 1.30. The molecule has 1 fully saturated rings. The van der Waals surface area contributed by atoms with Crippen LogP contribution in [0.25, 0.3) is 11.2 Å². The van der Waals surface area contributed by atoms with Crippen molar-refractivity contribution in [2.45, 2.75) is 6.04 Å². The summed E-state index contributed by atoms with van der Waals surface area (Å²) in [5.41, 5.74) is 0.954. The van der Waals surface area contributed by atoms with Crippen LogP contribution in [0.15, 0.2) is 23.4 Å². The molecule has 1 amide bonds. The van der Waals surface area contributed by atoms with E-state index in [4.69, 9.17) is 4.74 Å². The Bertz CT molecular complexity index is 957. The van der Waals surface area contributed by atoms with Gasteiger partial charge in [-0.1, -0.05) is 0 Å². The number of H-pyrrole nitrogens is 2. The zero-order valence-electron chi connectivity index (χ0n) is 12.9. The van der Waals surface area contributed by atoms with E-state index < -0.39 is 0 Å². The number of aryl methyl sites for hydroxylation is 1. The number of imidazole rings is 1. The molecule has 24 heavy (non-hydrogen) atoms. The highest BCUT2D eigenvalue weighted by Crippen LogP contribution is 2.24. The van der Waals surface area contributed by atoms with Gasteiger partial charge in [-0.15, -0.1) is 0 Å². The number of pyridine rings is 1. The molecular formula is C14H15N7O3. The first kappa shape index (κ1) is 14.6. The number of hydrogen-bond donors (Lipinski definition) is 2. The second kappa shape index (κ2) is 5.57. The summed E-state index contributed by atoms with van der Waals surface area (Å²) in [5, 5.41) is 4.06. The molecule has 1 aliphatic rings. The Labute approximate surface area is 135 Å². The zero-order chi connectivity index (χ0) is 16.7. The average molecular weight is 329 g/mol. The van der Waals surface area contributed by atoms with Crippen LogP contribution in [-0.4, -0.2) is 60.3 Å². The molecule has 1 unspecified atom stereocenters. The Balaban J connectivity index is 1.69. The van der Waals surface area contributed by atoms with Gasteiger partial charge in [-0.2, -0.15) is 5.10 Å². The number of rotatable bonds is 2. The number of hydrogen-bond acceptors (Lipinski definition) is 6. The van der Waals surface area contributed by atoms with Gasteiger partial charge in [-0.25, -0.2) is 14.8 Å². The molecular weight excluding hydrogens is 314 g/mol. The topological polar surface area (TPSA) is 122 Å². The van der Waals surface area contributed by atoms with Crippen molar-refractivity contribution in [2.75, 3.05) is 19.8 Å². The van der Waals surface area contributed by atoms with Gasteiger partial charge in [-0.05, 0) is 6.07 Å². The maximum Gasteiger partial charge on any atom is 0.325 e. The highest BCUT2D eigenvalue weighted by Gasteiger charge is 2.32. The molecule has 0 radical (unpaired) electrons. The second-order valence-corrected chi connectivity index (χ2v) is 5.53. The molecule has 1 aliphatic heterocycles. The number of nitrogens with zero attached hydrogens (tertiary/aromatic N) is 5. The van der Waals surface area contributed by atoms with Crippen LogP contribution in [0.2, 0.25) is 0 Å². The first-order valence-corrected chi connectivity index (χ1v) is 7.44. The monoisotopic (exact) mass is 329 g/mol. The molecule has 4 rings (SSSR count). The molecule has 0 bridgehead atoms. The largest absolute Gasteiger partial charge is 0.377 e. The fourth-order valence-electron chi connectivity index (χ4n) is 2.87. The van der Waals surface area contributed by atoms with Gasteiger partial charge in [0.25, 0.3) is 5.91 Å². The van der Waals surface area contributed by atoms with E-state index in [1.807, 2.05) is 0 Å². The van der Waals surface area contributed by atoms with E-state index in [1.165, 1.54) is 12.5 Å². The number of amides is 1. The van der Waals surface area contributed by atoms with Crippen LogP contribution < -0.4 is 5.69 Å². The lowest BCUT2D eigenvalue weighted by Crippen LogP contribution is -2.44. The minimum Gasteiger partial charge on any atom is -0.377 e. The number of aromatic amines is 2. The van der Waals surface area contributed by atoms with Crippen LogP contribution in [0, 0.1) is 0 Å². The van der Waals surface area contributed by atoms with Crippen LogP contribution >= 0.6 is 0 Å². The summed E-state index contributed by atoms with van der Waals surface area (Å²) in [6.45, 7) is 1.25. The molecule has 1 atom stereocenters. The fraction of sp³-hybridized carbons (Fsp3) is 0.357. The lowest BCUT2D eigenvalue weighted by atomic mass is 10.1. The maximum absolute atomic E-state index is 12.9. The van der Waals surface area contributed by atoms with Crippen molar-refractivity contribution in [2.24, 2.45) is 7.05 Å². The highest BCUT2D eigenvalue weighted by molar-refractivity contribution is 5.96. The molecule has 2 N–H and O–H groups in total. The smallest absolute Gasteiger partial charge is 0.325 e. The summed E-state index contributed by atoms with van der Waals surface area (Å²) < 4.78 is 7.14. The van der Waals surface area contributed by atoms with E-state index in [0.29, 0.717) is 42.3 Å². The van der Waals surface area contributed by atoms with E-state index in [0.717, 1.165) is 0 Å². The van der Waals surface area contributed by atoms with E-state index in [9.17, 15) is 9.59 Å². The number of carbonyl (C=O) groups is 1. The van der Waals surface area contributed by atoms with E-state index in [2.05, 4.69) is 25.0 Å². The van der Waals surface area contributed by atoms with Crippen LogP contribution in [0.5, 0.6) is 0 Å². The Hall–Kier alpha value is -3.01. The standard InChI is InChI=1S/C14H15N7O3/c1-20-12(16-7-17-20)10-6-24-3-2-21(10)13(22)8-4-9-11(15-5-8)19-14(23)18-9/h4-5,7,10H,2-3,6H2,1H3,(H2,15,18,19,23). The molecule has 3 aromatic rings. The lowest BCUT2D eigenvalue weighted by molar-refractivity contribution is -0.00619. The van der Waals surface area contributed by atoms with E-state index >= 15 is 0 Å². The third kappa shape index (κ3) is 2.36. The second-order valence-electron chi connectivity index (χ2n) is 5.53. The number of carbonyl (C=O) groups excluding carboxylic acids is 1. The van der Waals surface area contributed by atoms with Gasteiger partial charge in [0.15, 0.2) is 11.5 Å². The summed E-state index contributed by atoms with van der Waals surface area (Å²) >= 11 is 0. The van der Waals surface area contributed by atoms with Gasteiger partial charge >= 0.3 is 5.69 Å². The number of morpholine rings is 1. The molecule has 124 valence electrons. The van der Waals surface area contributed by atoms with Gasteiger partial charge in [0.1, 0.15) is 12.4 Å². The van der Waals surface area contributed by atoms with Crippen molar-refractivity contribution in [1.82, 2.24) is 34.6 Å². The van der Waals surface area contributed by atoms with Crippen LogP contribution in [0.1, 0.15) is 22.2 Å². The Morgan fingerprint density at radius 3 is 3.04 bits per heavy atom. The first-order valence-electron chi connectivity index (χ1n) is 7.44. The maximum atomic E-state index is 12.9. The van der Waals surface area contributed by atoms with Gasteiger partial charge < -0.3 is 14.6 Å². The highest BCUT2D eigenvalue weighted by atomic mass is 16.5. The van der Waals surface area contributed by atoms with Crippen molar-refractivity contribution in [3.8, 4) is 0 Å². The molecule has 0 saturated carbocycles. The fourth-order valence-corrected chi connectivity index (χ4v) is 2.87. The van der Waals surface area contributed by atoms with Gasteiger partial charge in [0, 0.05) is 19.8 Å². The minimum atomic E-state index is -0.356. The van der Waals surface area contributed by atoms with Crippen molar-refractivity contribution < 1.29 is 9.53 Å². The Morgan fingerprint density at radius 1 is 1.38 bits per heavy atom. The first-order chi connectivity index (χ1) is 11.6. The van der Waals surface area contributed by atoms with Crippen LogP contribution in [0.4, 0.5) is 0 Å². The van der Waals surface area contributed by atoms with Crippen LogP contribution in [-0.2, 0) is 11.8 Å². The predicted octanol–water partition coefficient (Wildman–Crippen LogP) is -0.407.